The van der Waals surface area contributed by atoms with Gasteiger partial charge in [0.25, 0.3) is 0 Å². The Bertz CT molecular complexity index is 1210. The third kappa shape index (κ3) is 3.65. The van der Waals surface area contributed by atoms with Crippen LogP contribution in [0.4, 0.5) is 0 Å². The lowest BCUT2D eigenvalue weighted by Gasteiger charge is -2.12. The first-order chi connectivity index (χ1) is 14.8. The van der Waals surface area contributed by atoms with Gasteiger partial charge in [-0.15, -0.1) is 21.5 Å². The number of nitrogens with zero attached hydrogens (tertiary/aromatic N) is 4. The van der Waals surface area contributed by atoms with Gasteiger partial charge in [0, 0.05) is 22.5 Å². The zero-order valence-electron chi connectivity index (χ0n) is 17.8. The third-order valence-corrected chi connectivity index (χ3v) is 6.59. The number of carbonyl (C=O) groups excluding carboxylic acids is 1. The van der Waals surface area contributed by atoms with Gasteiger partial charge in [0.1, 0.15) is 16.9 Å². The second kappa shape index (κ2) is 8.07. The molecule has 1 aromatic carbocycles. The Labute approximate surface area is 183 Å². The number of carboxylic acid groups (broad SMARTS) is 1. The smallest absolute Gasteiger partial charge is 0.335 e. The molecule has 0 fully saturated rings. The summed E-state index contributed by atoms with van der Waals surface area (Å²) >= 11 is 1.64. The fourth-order valence-electron chi connectivity index (χ4n) is 3.74. The minimum absolute atomic E-state index is 0.109. The van der Waals surface area contributed by atoms with Gasteiger partial charge < -0.3 is 10.4 Å². The van der Waals surface area contributed by atoms with Crippen LogP contribution in [0.5, 0.6) is 0 Å². The zero-order valence-corrected chi connectivity index (χ0v) is 18.6. The summed E-state index contributed by atoms with van der Waals surface area (Å²) in [6, 6.07) is 6.16. The van der Waals surface area contributed by atoms with Crippen molar-refractivity contribution < 1.29 is 14.7 Å². The monoisotopic (exact) mass is 437 g/mol. The molecule has 8 nitrogen and oxygen atoms in total. The Morgan fingerprint density at radius 1 is 1.16 bits per heavy atom. The number of carbonyl (C=O) groups is 2. The highest BCUT2D eigenvalue weighted by Gasteiger charge is 2.32. The summed E-state index contributed by atoms with van der Waals surface area (Å²) < 4.78 is 1.99. The molecule has 0 radical (unpaired) electrons. The van der Waals surface area contributed by atoms with Crippen molar-refractivity contribution in [3.05, 3.63) is 63.0 Å². The van der Waals surface area contributed by atoms with E-state index in [9.17, 15) is 14.7 Å². The number of nitrogens with one attached hydrogen (secondary N) is 1. The molecule has 0 unspecified atom stereocenters. The van der Waals surface area contributed by atoms with Gasteiger partial charge >= 0.3 is 5.97 Å². The molecule has 2 aromatic heterocycles. The number of rotatable bonds is 5. The minimum Gasteiger partial charge on any atom is -0.478 e. The first kappa shape index (κ1) is 20.9. The van der Waals surface area contributed by atoms with E-state index in [0.717, 1.165) is 38.1 Å². The lowest BCUT2D eigenvalue weighted by atomic mass is 9.98. The summed E-state index contributed by atoms with van der Waals surface area (Å²) in [5, 5.41) is 21.7. The van der Waals surface area contributed by atoms with Gasteiger partial charge in [0.15, 0.2) is 5.82 Å². The number of aryl methyl sites for hydroxylation is 2. The molecule has 2 N–H and O–H groups in total. The number of benzene rings is 1. The maximum atomic E-state index is 12.4. The number of carboxylic acids is 1. The molecule has 0 saturated carbocycles. The van der Waals surface area contributed by atoms with E-state index in [1.807, 2.05) is 18.4 Å². The van der Waals surface area contributed by atoms with Crippen molar-refractivity contribution in [2.75, 3.05) is 6.54 Å². The average molecular weight is 438 g/mol. The molecule has 9 heteroatoms. The number of aromatic nitrogens is 3. The van der Waals surface area contributed by atoms with E-state index >= 15 is 0 Å². The highest BCUT2D eigenvalue weighted by Crippen LogP contribution is 2.39. The summed E-state index contributed by atoms with van der Waals surface area (Å²) in [7, 11) is 0. The summed E-state index contributed by atoms with van der Waals surface area (Å²) in [6.07, 6.45) is 0.148. The van der Waals surface area contributed by atoms with Crippen LogP contribution in [0.2, 0.25) is 0 Å². The van der Waals surface area contributed by atoms with E-state index in [-0.39, 0.29) is 17.9 Å². The van der Waals surface area contributed by atoms with Gasteiger partial charge in [-0.3, -0.25) is 14.4 Å². The predicted octanol–water partition coefficient (Wildman–Crippen LogP) is 3.37. The van der Waals surface area contributed by atoms with Gasteiger partial charge in [0.2, 0.25) is 5.91 Å². The Kier molecular flexibility index (Phi) is 5.45. The molecular weight excluding hydrogens is 414 g/mol. The molecule has 4 rings (SSSR count). The van der Waals surface area contributed by atoms with Crippen molar-refractivity contribution in [2.45, 2.75) is 40.2 Å². The van der Waals surface area contributed by atoms with Crippen molar-refractivity contribution in [3.63, 3.8) is 0 Å². The molecule has 0 aliphatic carbocycles. The van der Waals surface area contributed by atoms with Crippen LogP contribution in [0, 0.1) is 20.8 Å². The van der Waals surface area contributed by atoms with E-state index in [0.29, 0.717) is 12.4 Å². The van der Waals surface area contributed by atoms with E-state index in [1.165, 1.54) is 0 Å². The first-order valence-corrected chi connectivity index (χ1v) is 10.8. The van der Waals surface area contributed by atoms with E-state index < -0.39 is 12.0 Å². The minimum atomic E-state index is -0.978. The zero-order chi connectivity index (χ0) is 22.3. The normalized spacial score (nSPS) is 15.0. The summed E-state index contributed by atoms with van der Waals surface area (Å²) in [5.41, 5.74) is 3.80. The number of hydrogen-bond donors (Lipinski definition) is 2. The standard InChI is InChI=1S/C22H23N5O3S/c1-5-23-17(28)10-16-20-26-25-13(4)27(20)21-18(11(2)12(3)31-21)19(24-16)14-6-8-15(9-7-14)22(29)30/h6-9,16H,5,10H2,1-4H3,(H,23,28)(H,29,30)/t16-/m0/s1. The van der Waals surface area contributed by atoms with Crippen molar-refractivity contribution in [3.8, 4) is 5.00 Å². The van der Waals surface area contributed by atoms with Crippen LogP contribution < -0.4 is 5.32 Å². The number of hydrogen-bond acceptors (Lipinski definition) is 6. The number of aliphatic imine (C=N–C) groups is 1. The molecule has 1 amide bonds. The van der Waals surface area contributed by atoms with E-state index in [2.05, 4.69) is 29.4 Å². The molecule has 160 valence electrons. The van der Waals surface area contributed by atoms with Gasteiger partial charge in [0.05, 0.1) is 17.7 Å². The molecule has 0 bridgehead atoms. The molecular formula is C22H23N5O3S. The van der Waals surface area contributed by atoms with E-state index in [4.69, 9.17) is 4.99 Å². The van der Waals surface area contributed by atoms with Crippen LogP contribution in [-0.2, 0) is 4.79 Å². The SMILES string of the molecule is CCNC(=O)C[C@@H]1N=C(c2ccc(C(=O)O)cc2)c2c(sc(C)c2C)-n2c(C)nnc21. The molecule has 1 aliphatic heterocycles. The molecule has 3 heterocycles. The van der Waals surface area contributed by atoms with Crippen LogP contribution in [0.3, 0.4) is 0 Å². The van der Waals surface area contributed by atoms with Crippen LogP contribution in [-0.4, -0.2) is 44.0 Å². The first-order valence-electron chi connectivity index (χ1n) is 10.0. The molecule has 1 aliphatic rings. The number of aromatic carboxylic acids is 1. The highest BCUT2D eigenvalue weighted by molar-refractivity contribution is 7.15. The fraction of sp³-hybridized carbons (Fsp3) is 0.318. The fourth-order valence-corrected chi connectivity index (χ4v) is 4.95. The van der Waals surface area contributed by atoms with Gasteiger partial charge in [-0.05, 0) is 45.4 Å². The summed E-state index contributed by atoms with van der Waals surface area (Å²) in [6.45, 7) is 8.41. The molecule has 1 atom stereocenters. The van der Waals surface area contributed by atoms with Crippen LogP contribution in [0.25, 0.3) is 5.00 Å². The van der Waals surface area contributed by atoms with Crippen LogP contribution in [0.15, 0.2) is 29.3 Å². The Morgan fingerprint density at radius 3 is 2.52 bits per heavy atom. The average Bonchev–Trinajstić information content (AvgIpc) is 3.20. The number of fused-ring (bicyclic) bond motifs is 3. The van der Waals surface area contributed by atoms with Gasteiger partial charge in [-0.2, -0.15) is 0 Å². The van der Waals surface area contributed by atoms with Gasteiger partial charge in [-0.1, -0.05) is 12.1 Å². The van der Waals surface area contributed by atoms with Crippen LogP contribution >= 0.6 is 11.3 Å². The Morgan fingerprint density at radius 2 is 1.87 bits per heavy atom. The van der Waals surface area contributed by atoms with Crippen molar-refractivity contribution in [1.82, 2.24) is 20.1 Å². The van der Waals surface area contributed by atoms with Crippen molar-refractivity contribution in [1.29, 1.82) is 0 Å². The molecule has 31 heavy (non-hydrogen) atoms. The second-order valence-corrected chi connectivity index (χ2v) is 8.64. The second-order valence-electron chi connectivity index (χ2n) is 7.44. The van der Waals surface area contributed by atoms with E-state index in [1.54, 1.807) is 35.6 Å². The number of thiophene rings is 1. The lowest BCUT2D eigenvalue weighted by Crippen LogP contribution is -2.25. The van der Waals surface area contributed by atoms with Crippen LogP contribution in [0.1, 0.15) is 63.0 Å². The third-order valence-electron chi connectivity index (χ3n) is 5.40. The maximum absolute atomic E-state index is 12.4. The highest BCUT2D eigenvalue weighted by atomic mass is 32.1. The van der Waals surface area contributed by atoms with Crippen molar-refractivity contribution >= 4 is 28.9 Å². The Balaban J connectivity index is 1.94. The topological polar surface area (TPSA) is 109 Å². The molecule has 0 saturated heterocycles. The number of amides is 1. The van der Waals surface area contributed by atoms with Gasteiger partial charge in [-0.25, -0.2) is 4.79 Å². The summed E-state index contributed by atoms with van der Waals surface area (Å²) in [4.78, 5) is 29.9. The molecule has 3 aromatic rings. The maximum Gasteiger partial charge on any atom is 0.335 e. The predicted molar refractivity (Wildman–Crippen MR) is 119 cm³/mol. The molecule has 0 spiro atoms. The summed E-state index contributed by atoms with van der Waals surface area (Å²) in [5.74, 6) is 0.273. The van der Waals surface area contributed by atoms with Crippen molar-refractivity contribution in [2.24, 2.45) is 4.99 Å². The largest absolute Gasteiger partial charge is 0.478 e. The Hall–Kier alpha value is -3.33. The lowest BCUT2D eigenvalue weighted by molar-refractivity contribution is -0.121. The quantitative estimate of drug-likeness (QED) is 0.636.